The predicted molar refractivity (Wildman–Crippen MR) is 77.7 cm³/mol. The number of hydrogen-bond donors (Lipinski definition) is 1. The molecule has 2 heterocycles. The van der Waals surface area contributed by atoms with E-state index in [0.717, 1.165) is 34.9 Å². The van der Waals surface area contributed by atoms with E-state index in [0.29, 0.717) is 5.57 Å². The number of aromatic nitrogens is 1. The summed E-state index contributed by atoms with van der Waals surface area (Å²) in [7, 11) is 0. The van der Waals surface area contributed by atoms with Gasteiger partial charge in [-0.3, -0.25) is 4.99 Å². The van der Waals surface area contributed by atoms with Gasteiger partial charge in [-0.25, -0.2) is 0 Å². The first-order valence-corrected chi connectivity index (χ1v) is 6.27. The number of aliphatic imine (C=N–C) groups is 1. The van der Waals surface area contributed by atoms with Gasteiger partial charge in [-0.2, -0.15) is 5.26 Å². The van der Waals surface area contributed by atoms with Crippen molar-refractivity contribution in [2.45, 2.75) is 12.8 Å². The summed E-state index contributed by atoms with van der Waals surface area (Å²) in [6.07, 6.45) is 9.32. The minimum absolute atomic E-state index is 0.696. The van der Waals surface area contributed by atoms with Crippen LogP contribution in [0.1, 0.15) is 18.4 Å². The van der Waals surface area contributed by atoms with Crippen LogP contribution in [0.25, 0.3) is 17.0 Å². The summed E-state index contributed by atoms with van der Waals surface area (Å²) in [4.78, 5) is 7.35. The van der Waals surface area contributed by atoms with E-state index in [1.54, 1.807) is 6.20 Å². The molecule has 2 aromatic rings. The Bertz CT molecular complexity index is 739. The molecule has 3 nitrogen and oxygen atoms in total. The van der Waals surface area contributed by atoms with Gasteiger partial charge in [0.1, 0.15) is 0 Å². The SMILES string of the molecule is N#C/C(=C\c1c[nH]c2ccccc12)C1=CN=CCC1. The highest BCUT2D eigenvalue weighted by molar-refractivity contribution is 5.90. The summed E-state index contributed by atoms with van der Waals surface area (Å²) in [5.74, 6) is 0. The van der Waals surface area contributed by atoms with Crippen molar-refractivity contribution in [3.05, 3.63) is 53.4 Å². The number of rotatable bonds is 2. The van der Waals surface area contributed by atoms with Gasteiger partial charge in [0, 0.05) is 35.1 Å². The largest absolute Gasteiger partial charge is 0.361 e. The van der Waals surface area contributed by atoms with Crippen LogP contribution in [0, 0.1) is 11.3 Å². The molecule has 0 spiro atoms. The van der Waals surface area contributed by atoms with E-state index in [1.807, 2.05) is 36.7 Å². The zero-order valence-corrected chi connectivity index (χ0v) is 10.4. The van der Waals surface area contributed by atoms with Gasteiger partial charge in [0.2, 0.25) is 0 Å². The quantitative estimate of drug-likeness (QED) is 0.806. The van der Waals surface area contributed by atoms with Crippen LogP contribution in [0.3, 0.4) is 0 Å². The van der Waals surface area contributed by atoms with Gasteiger partial charge in [-0.05, 0) is 30.6 Å². The molecule has 3 heteroatoms. The molecular formula is C16H13N3. The van der Waals surface area contributed by atoms with Gasteiger partial charge in [0.05, 0.1) is 11.6 Å². The summed E-state index contributed by atoms with van der Waals surface area (Å²) in [6.45, 7) is 0. The minimum atomic E-state index is 0.696. The third kappa shape index (κ3) is 2.21. The number of H-pyrrole nitrogens is 1. The number of aromatic amines is 1. The number of allylic oxidation sites excluding steroid dienone is 2. The Labute approximate surface area is 111 Å². The highest BCUT2D eigenvalue weighted by Gasteiger charge is 2.08. The van der Waals surface area contributed by atoms with Crippen molar-refractivity contribution < 1.29 is 0 Å². The summed E-state index contributed by atoms with van der Waals surface area (Å²) in [6, 6.07) is 10.4. The molecule has 0 saturated carbocycles. The average Bonchev–Trinajstić information content (AvgIpc) is 2.89. The van der Waals surface area contributed by atoms with Gasteiger partial charge in [0.25, 0.3) is 0 Å². The second-order valence-electron chi connectivity index (χ2n) is 4.48. The molecule has 19 heavy (non-hydrogen) atoms. The number of nitrogens with zero attached hydrogens (tertiary/aromatic N) is 2. The van der Waals surface area contributed by atoms with E-state index in [4.69, 9.17) is 0 Å². The lowest BCUT2D eigenvalue weighted by atomic mass is 9.99. The molecule has 0 atom stereocenters. The molecule has 0 radical (unpaired) electrons. The van der Waals surface area contributed by atoms with Crippen LogP contribution in [0.4, 0.5) is 0 Å². The Balaban J connectivity index is 2.06. The van der Waals surface area contributed by atoms with Gasteiger partial charge in [-0.15, -0.1) is 0 Å². The van der Waals surface area contributed by atoms with Gasteiger partial charge >= 0.3 is 0 Å². The maximum atomic E-state index is 9.33. The van der Waals surface area contributed by atoms with Crippen LogP contribution >= 0.6 is 0 Å². The Hall–Kier alpha value is -2.60. The van der Waals surface area contributed by atoms with E-state index in [1.165, 1.54) is 0 Å². The zero-order chi connectivity index (χ0) is 13.1. The molecule has 1 aliphatic rings. The normalized spacial score (nSPS) is 15.3. The molecule has 0 bridgehead atoms. The smallest absolute Gasteiger partial charge is 0.0995 e. The zero-order valence-electron chi connectivity index (χ0n) is 10.4. The van der Waals surface area contributed by atoms with E-state index in [-0.39, 0.29) is 0 Å². The molecule has 3 rings (SSSR count). The minimum Gasteiger partial charge on any atom is -0.361 e. The highest BCUT2D eigenvalue weighted by atomic mass is 14.7. The van der Waals surface area contributed by atoms with Crippen molar-refractivity contribution in [3.8, 4) is 6.07 Å². The Morgan fingerprint density at radius 1 is 1.37 bits per heavy atom. The Kier molecular flexibility index (Phi) is 2.99. The molecular weight excluding hydrogens is 234 g/mol. The van der Waals surface area contributed by atoms with Crippen LogP contribution in [-0.2, 0) is 0 Å². The Morgan fingerprint density at radius 2 is 2.26 bits per heavy atom. The third-order valence-corrected chi connectivity index (χ3v) is 3.27. The van der Waals surface area contributed by atoms with Crippen LogP contribution in [0.15, 0.2) is 52.8 Å². The van der Waals surface area contributed by atoms with Crippen molar-refractivity contribution in [1.29, 1.82) is 5.26 Å². The lowest BCUT2D eigenvalue weighted by Crippen LogP contribution is -1.93. The molecule has 1 aromatic heterocycles. The lowest BCUT2D eigenvalue weighted by Gasteiger charge is -2.06. The first-order chi connectivity index (χ1) is 9.38. The molecule has 1 N–H and O–H groups in total. The molecule has 0 saturated heterocycles. The monoisotopic (exact) mass is 247 g/mol. The predicted octanol–water partition coefficient (Wildman–Crippen LogP) is 3.82. The third-order valence-electron chi connectivity index (χ3n) is 3.27. The van der Waals surface area contributed by atoms with Crippen LogP contribution < -0.4 is 0 Å². The first kappa shape index (κ1) is 11.5. The fraction of sp³-hybridized carbons (Fsp3) is 0.125. The molecule has 0 fully saturated rings. The van der Waals surface area contributed by atoms with Crippen LogP contribution in [-0.4, -0.2) is 11.2 Å². The van der Waals surface area contributed by atoms with Crippen molar-refractivity contribution in [1.82, 2.24) is 4.98 Å². The standard InChI is InChI=1S/C16H13N3/c17-9-13(12-4-3-7-18-10-12)8-14-11-19-16-6-2-1-5-15(14)16/h1-2,5-8,10-11,19H,3-4H2/b13-8+. The summed E-state index contributed by atoms with van der Waals surface area (Å²) in [5, 5.41) is 10.5. The van der Waals surface area contributed by atoms with Gasteiger partial charge in [-0.1, -0.05) is 18.2 Å². The number of para-hydroxylation sites is 1. The van der Waals surface area contributed by atoms with E-state index in [9.17, 15) is 5.26 Å². The fourth-order valence-corrected chi connectivity index (χ4v) is 2.27. The molecule has 1 aromatic carbocycles. The maximum Gasteiger partial charge on any atom is 0.0995 e. The van der Waals surface area contributed by atoms with Crippen molar-refractivity contribution in [2.75, 3.05) is 0 Å². The number of fused-ring (bicyclic) bond motifs is 1. The van der Waals surface area contributed by atoms with Crippen LogP contribution in [0.2, 0.25) is 0 Å². The second kappa shape index (κ2) is 4.95. The molecule has 92 valence electrons. The summed E-state index contributed by atoms with van der Waals surface area (Å²) in [5.41, 5.74) is 3.83. The molecule has 0 unspecified atom stereocenters. The fourth-order valence-electron chi connectivity index (χ4n) is 2.27. The highest BCUT2D eigenvalue weighted by Crippen LogP contribution is 2.24. The average molecular weight is 247 g/mol. The topological polar surface area (TPSA) is 51.9 Å². The Morgan fingerprint density at radius 3 is 3.05 bits per heavy atom. The summed E-state index contributed by atoms with van der Waals surface area (Å²) >= 11 is 0. The van der Waals surface area contributed by atoms with Crippen molar-refractivity contribution in [2.24, 2.45) is 4.99 Å². The van der Waals surface area contributed by atoms with Crippen molar-refractivity contribution in [3.63, 3.8) is 0 Å². The number of hydrogen-bond acceptors (Lipinski definition) is 2. The first-order valence-electron chi connectivity index (χ1n) is 6.27. The molecule has 0 aliphatic carbocycles. The second-order valence-corrected chi connectivity index (χ2v) is 4.48. The van der Waals surface area contributed by atoms with Crippen molar-refractivity contribution >= 4 is 23.2 Å². The summed E-state index contributed by atoms with van der Waals surface area (Å²) < 4.78 is 0. The van der Waals surface area contributed by atoms with Gasteiger partial charge in [0.15, 0.2) is 0 Å². The number of nitriles is 1. The molecule has 1 aliphatic heterocycles. The lowest BCUT2D eigenvalue weighted by molar-refractivity contribution is 1.02. The number of benzene rings is 1. The van der Waals surface area contributed by atoms with E-state index in [2.05, 4.69) is 22.1 Å². The van der Waals surface area contributed by atoms with E-state index < -0.39 is 0 Å². The molecule has 0 amide bonds. The van der Waals surface area contributed by atoms with Gasteiger partial charge < -0.3 is 4.98 Å². The van der Waals surface area contributed by atoms with E-state index >= 15 is 0 Å². The van der Waals surface area contributed by atoms with Crippen LogP contribution in [0.5, 0.6) is 0 Å². The maximum absolute atomic E-state index is 9.33. The number of nitrogens with one attached hydrogen (secondary N) is 1.